The van der Waals surface area contributed by atoms with Crippen LogP contribution in [0.1, 0.15) is 17.5 Å². The molecule has 0 fully saturated rings. The van der Waals surface area contributed by atoms with Crippen molar-refractivity contribution >= 4 is 28.6 Å². The number of aryl methyl sites for hydroxylation is 2. The number of nitrogens with one attached hydrogen (secondary N) is 2. The van der Waals surface area contributed by atoms with Crippen LogP contribution in [0.5, 0.6) is 0 Å². The van der Waals surface area contributed by atoms with E-state index in [1.165, 1.54) is 11.1 Å². The van der Waals surface area contributed by atoms with E-state index in [-0.39, 0.29) is 0 Å². The summed E-state index contributed by atoms with van der Waals surface area (Å²) in [5, 5.41) is 6.64. The quantitative estimate of drug-likeness (QED) is 0.633. The van der Waals surface area contributed by atoms with Gasteiger partial charge < -0.3 is 15.5 Å². The van der Waals surface area contributed by atoms with Gasteiger partial charge in [0.2, 0.25) is 5.95 Å². The van der Waals surface area contributed by atoms with Gasteiger partial charge in [0.15, 0.2) is 17.0 Å². The van der Waals surface area contributed by atoms with E-state index in [9.17, 15) is 0 Å². The van der Waals surface area contributed by atoms with Crippen LogP contribution >= 0.6 is 0 Å². The number of nitrogens with zero attached hydrogens (tertiary/aromatic N) is 5. The molecule has 0 saturated carbocycles. The summed E-state index contributed by atoms with van der Waals surface area (Å²) >= 11 is 0. The lowest BCUT2D eigenvalue weighted by Gasteiger charge is -2.13. The molecule has 1 aromatic carbocycles. The minimum atomic E-state index is 0.558. The van der Waals surface area contributed by atoms with Gasteiger partial charge in [-0.2, -0.15) is 9.97 Å². The van der Waals surface area contributed by atoms with Crippen molar-refractivity contribution in [3.05, 3.63) is 41.7 Å². The molecule has 0 aliphatic heterocycles. The van der Waals surface area contributed by atoms with Crippen molar-refractivity contribution in [3.8, 4) is 0 Å². The fourth-order valence-corrected chi connectivity index (χ4v) is 2.58. The molecule has 26 heavy (non-hydrogen) atoms. The third-order valence-corrected chi connectivity index (χ3v) is 4.17. The summed E-state index contributed by atoms with van der Waals surface area (Å²) in [5.74, 6) is 1.21. The average Bonchev–Trinajstić information content (AvgIpc) is 2.62. The number of hydrogen-bond donors (Lipinski definition) is 2. The van der Waals surface area contributed by atoms with Crippen LogP contribution in [0, 0.1) is 13.8 Å². The second-order valence-corrected chi connectivity index (χ2v) is 6.63. The Morgan fingerprint density at radius 2 is 1.81 bits per heavy atom. The molecule has 136 valence electrons. The van der Waals surface area contributed by atoms with Crippen molar-refractivity contribution < 1.29 is 0 Å². The smallest absolute Gasteiger partial charge is 0.226 e. The molecule has 0 bridgehead atoms. The van der Waals surface area contributed by atoms with Crippen LogP contribution in [0.4, 0.5) is 17.5 Å². The molecule has 3 aromatic rings. The fraction of sp³-hybridized carbons (Fsp3) is 0.368. The van der Waals surface area contributed by atoms with Gasteiger partial charge in [0, 0.05) is 24.6 Å². The lowest BCUT2D eigenvalue weighted by Crippen LogP contribution is -2.17. The van der Waals surface area contributed by atoms with E-state index >= 15 is 0 Å². The topological polar surface area (TPSA) is 78.9 Å². The molecule has 0 unspecified atom stereocenters. The van der Waals surface area contributed by atoms with Gasteiger partial charge in [-0.25, -0.2) is 9.97 Å². The van der Waals surface area contributed by atoms with Gasteiger partial charge in [0.05, 0.1) is 0 Å². The first-order valence-corrected chi connectivity index (χ1v) is 8.74. The molecule has 0 atom stereocenters. The van der Waals surface area contributed by atoms with Crippen LogP contribution in [-0.2, 0) is 0 Å². The molecule has 3 rings (SSSR count). The molecule has 0 spiro atoms. The third-order valence-electron chi connectivity index (χ3n) is 4.17. The molecule has 7 nitrogen and oxygen atoms in total. The normalized spacial score (nSPS) is 11.1. The van der Waals surface area contributed by atoms with E-state index in [2.05, 4.69) is 75.5 Å². The lowest BCUT2D eigenvalue weighted by molar-refractivity contribution is 0.405. The number of benzene rings is 1. The maximum atomic E-state index is 4.62. The number of anilines is 3. The van der Waals surface area contributed by atoms with E-state index in [1.807, 2.05) is 6.07 Å². The van der Waals surface area contributed by atoms with E-state index < -0.39 is 0 Å². The zero-order valence-corrected chi connectivity index (χ0v) is 15.7. The minimum absolute atomic E-state index is 0.558. The first-order chi connectivity index (χ1) is 12.5. The number of aromatic nitrogens is 4. The molecule has 0 aliphatic rings. The maximum Gasteiger partial charge on any atom is 0.226 e. The Morgan fingerprint density at radius 3 is 2.58 bits per heavy atom. The largest absolute Gasteiger partial charge is 0.354 e. The fourth-order valence-electron chi connectivity index (χ4n) is 2.58. The molecule has 7 heteroatoms. The third kappa shape index (κ3) is 4.43. The number of fused-ring (bicyclic) bond motifs is 1. The van der Waals surface area contributed by atoms with E-state index in [4.69, 9.17) is 0 Å². The van der Waals surface area contributed by atoms with Gasteiger partial charge in [0.25, 0.3) is 0 Å². The Balaban J connectivity index is 1.86. The van der Waals surface area contributed by atoms with Crippen molar-refractivity contribution in [2.75, 3.05) is 37.8 Å². The molecule has 2 N–H and O–H groups in total. The maximum absolute atomic E-state index is 4.62. The zero-order valence-electron chi connectivity index (χ0n) is 15.7. The molecule has 0 amide bonds. The monoisotopic (exact) mass is 351 g/mol. The molecule has 0 aliphatic carbocycles. The molecule has 2 heterocycles. The Bertz CT molecular complexity index is 892. The van der Waals surface area contributed by atoms with Gasteiger partial charge in [0.1, 0.15) is 0 Å². The van der Waals surface area contributed by atoms with E-state index in [0.717, 1.165) is 25.2 Å². The summed E-state index contributed by atoms with van der Waals surface area (Å²) < 4.78 is 0. The second kappa shape index (κ2) is 8.05. The standard InChI is InChI=1S/C19H25N7/c1-13-6-7-15(12-14(13)2)23-18-16-17(21-10-9-20-16)24-19(25-18)22-8-5-11-26(3)4/h6-7,9-10,12H,5,8,11H2,1-4H3,(H2,21,22,23,24,25). The molecule has 2 aromatic heterocycles. The van der Waals surface area contributed by atoms with Crippen molar-refractivity contribution in [2.24, 2.45) is 0 Å². The Hall–Kier alpha value is -2.80. The van der Waals surface area contributed by atoms with Crippen LogP contribution in [0.25, 0.3) is 11.2 Å². The lowest BCUT2D eigenvalue weighted by atomic mass is 10.1. The number of hydrogen-bond acceptors (Lipinski definition) is 7. The van der Waals surface area contributed by atoms with Crippen LogP contribution in [0.2, 0.25) is 0 Å². The van der Waals surface area contributed by atoms with Gasteiger partial charge in [-0.15, -0.1) is 0 Å². The van der Waals surface area contributed by atoms with Crippen LogP contribution in [-0.4, -0.2) is 52.0 Å². The summed E-state index contributed by atoms with van der Waals surface area (Å²) in [7, 11) is 4.13. The first kappa shape index (κ1) is 18.0. The van der Waals surface area contributed by atoms with E-state index in [1.54, 1.807) is 12.4 Å². The van der Waals surface area contributed by atoms with Crippen molar-refractivity contribution in [2.45, 2.75) is 20.3 Å². The Labute approximate surface area is 153 Å². The van der Waals surface area contributed by atoms with E-state index in [0.29, 0.717) is 22.9 Å². The highest BCUT2D eigenvalue weighted by Crippen LogP contribution is 2.23. The zero-order chi connectivity index (χ0) is 18.5. The van der Waals surface area contributed by atoms with Gasteiger partial charge >= 0.3 is 0 Å². The van der Waals surface area contributed by atoms with Crippen molar-refractivity contribution in [3.63, 3.8) is 0 Å². The summed E-state index contributed by atoms with van der Waals surface area (Å²) in [6, 6.07) is 6.23. The first-order valence-electron chi connectivity index (χ1n) is 8.74. The summed E-state index contributed by atoms with van der Waals surface area (Å²) in [6.07, 6.45) is 4.31. The SMILES string of the molecule is Cc1ccc(Nc2nc(NCCCN(C)C)nc3nccnc23)cc1C. The van der Waals surface area contributed by atoms with Crippen molar-refractivity contribution in [1.29, 1.82) is 0 Å². The summed E-state index contributed by atoms with van der Waals surface area (Å²) in [6.45, 7) is 6.00. The molecule has 0 saturated heterocycles. The van der Waals surface area contributed by atoms with Gasteiger partial charge in [-0.3, -0.25) is 0 Å². The highest BCUT2D eigenvalue weighted by atomic mass is 15.2. The Kier molecular flexibility index (Phi) is 5.58. The number of rotatable bonds is 7. The summed E-state index contributed by atoms with van der Waals surface area (Å²) in [5.41, 5.74) is 4.68. The predicted molar refractivity (Wildman–Crippen MR) is 106 cm³/mol. The van der Waals surface area contributed by atoms with Crippen LogP contribution in [0.3, 0.4) is 0 Å². The van der Waals surface area contributed by atoms with Gasteiger partial charge in [-0.05, 0) is 64.2 Å². The summed E-state index contributed by atoms with van der Waals surface area (Å²) in [4.78, 5) is 20.0. The van der Waals surface area contributed by atoms with Crippen LogP contribution in [0.15, 0.2) is 30.6 Å². The predicted octanol–water partition coefficient (Wildman–Crippen LogP) is 3.14. The molecular formula is C19H25N7. The second-order valence-electron chi connectivity index (χ2n) is 6.63. The molecular weight excluding hydrogens is 326 g/mol. The minimum Gasteiger partial charge on any atom is -0.354 e. The van der Waals surface area contributed by atoms with Crippen molar-refractivity contribution in [1.82, 2.24) is 24.8 Å². The average molecular weight is 351 g/mol. The highest BCUT2D eigenvalue weighted by molar-refractivity contribution is 5.85. The molecule has 0 radical (unpaired) electrons. The Morgan fingerprint density at radius 1 is 1.00 bits per heavy atom. The van der Waals surface area contributed by atoms with Gasteiger partial charge in [-0.1, -0.05) is 6.07 Å². The van der Waals surface area contributed by atoms with Crippen LogP contribution < -0.4 is 10.6 Å². The highest BCUT2D eigenvalue weighted by Gasteiger charge is 2.10.